The van der Waals surface area contributed by atoms with Crippen LogP contribution < -0.4 is 41.4 Å². The van der Waals surface area contributed by atoms with E-state index < -0.39 is 36.1 Å². The second kappa shape index (κ2) is 48.9. The summed E-state index contributed by atoms with van der Waals surface area (Å²) in [5, 5.41) is 73.2. The highest BCUT2D eigenvalue weighted by Gasteiger charge is 2.47. The number of phenols is 2. The molecule has 6 aromatic heterocycles. The van der Waals surface area contributed by atoms with E-state index in [1.165, 1.54) is 35.5 Å². The number of anilines is 4. The SMILES string of the molecule is Cc1ncsc1-c1ccc([C@H](C)NC(=O)[C@@H]2C[C@@H](O)CN2C(=O)[C@@H](c2cc(OCCOCCOCCCCN3CCC4(CC3)CCN(c3cc(-c5ccccc5O)nnc3N)CC4)no2)C(C)C)cc1.Cc1ncsc1-c1ccc([C@H](C)NC(=O)[C@@H]2C[C@@H](O)CN2C(=O)[C@H](c2cc(OCCOCCOCCCCN3CCC4(CC3)CCN(c3cc(-c5ccccc5O)nnc3N)CC4)no2)C(C)C)cc1. The smallest absolute Gasteiger partial charge is 0.254 e. The second-order valence-corrected chi connectivity index (χ2v) is 40.6. The van der Waals surface area contributed by atoms with E-state index in [1.807, 2.05) is 151 Å². The fraction of sp³-hybridized carbons (Fsp3) is 0.538. The Hall–Kier alpha value is -11.3. The molecule has 4 aromatic carbocycles. The number of hydrogen-bond donors (Lipinski definition) is 8. The molecule has 0 radical (unpaired) electrons. The number of piperidine rings is 4. The number of aryl methyl sites for hydroxylation is 2. The van der Waals surface area contributed by atoms with Gasteiger partial charge in [0.05, 0.1) is 119 Å². The lowest BCUT2D eigenvalue weighted by atomic mass is 9.71. The molecule has 10 N–H and O–H groups in total. The molecule has 2 spiro atoms. The van der Waals surface area contributed by atoms with Gasteiger partial charge in [0.25, 0.3) is 11.8 Å². The van der Waals surface area contributed by atoms with Gasteiger partial charge in [0.1, 0.15) is 48.6 Å². The number of likely N-dealkylation sites (tertiary alicyclic amines) is 4. The number of carbonyl (C=O) groups excluding carboxylic acids is 4. The van der Waals surface area contributed by atoms with Crippen molar-refractivity contribution in [2.75, 3.05) is 166 Å². The van der Waals surface area contributed by atoms with Gasteiger partial charge in [-0.05, 0) is 236 Å². The van der Waals surface area contributed by atoms with Gasteiger partial charge in [0, 0.05) is 88.6 Å². The second-order valence-electron chi connectivity index (χ2n) is 38.9. The number of unbranched alkanes of at least 4 members (excludes halogenated alkanes) is 2. The number of hydrogen-bond acceptors (Lipinski definition) is 32. The van der Waals surface area contributed by atoms with Crippen molar-refractivity contribution in [2.45, 2.75) is 193 Å². The Kier molecular flexibility index (Phi) is 36.0. The lowest BCUT2D eigenvalue weighted by molar-refractivity contribution is -0.141. The van der Waals surface area contributed by atoms with Crippen LogP contribution in [0.1, 0.15) is 189 Å². The standard InChI is InChI=1S/2C52H69N9O8S/c2*1-34(2)47(51(65)61-32-39(62)29-43(61)50(64)55-35(3)37-11-13-38(14-12-37)48-36(4)54-33-70-48)45-31-46(58-69-45)68-28-27-67-26-25-66-24-8-7-19-59-20-15-52(16-21-59)17-22-60(23-18-52)42-30-41(56-57-49(42)53)40-9-5-6-10-44(40)63/h2*5-6,9-14,30-31,33-35,39,43,47,62-63H,7-8,15-29,32H2,1-4H3,(H2,53,57)(H,55,64)/t35-,39+,43-,47+;35-,39+,43-,47-/m00/s1. The number of aliphatic hydroxyl groups excluding tert-OH is 2. The Morgan fingerprint density at radius 2 is 0.821 bits per heavy atom. The zero-order valence-corrected chi connectivity index (χ0v) is 83.5. The van der Waals surface area contributed by atoms with E-state index in [1.54, 1.807) is 59.1 Å². The normalized spacial score (nSPS) is 19.2. The zero-order chi connectivity index (χ0) is 98.4. The van der Waals surface area contributed by atoms with E-state index in [4.69, 9.17) is 48.9 Å². The monoisotopic (exact) mass is 1960 g/mol. The molecule has 34 nitrogen and oxygen atoms in total. The van der Waals surface area contributed by atoms with Crippen molar-refractivity contribution in [1.82, 2.24) is 70.9 Å². The fourth-order valence-electron chi connectivity index (χ4n) is 20.2. The molecular weight excluding hydrogens is 1820 g/mol. The summed E-state index contributed by atoms with van der Waals surface area (Å²) in [5.74, 6) is -0.714. The van der Waals surface area contributed by atoms with Crippen molar-refractivity contribution >= 4 is 69.3 Å². The number of carbonyl (C=O) groups is 4. The van der Waals surface area contributed by atoms with Gasteiger partial charge in [-0.2, -0.15) is 0 Å². The number of β-amino-alcohol motifs (C(OH)–C–C–N with tert-alkyl or cyclic N) is 2. The van der Waals surface area contributed by atoms with Crippen LogP contribution in [0, 0.1) is 36.5 Å². The molecule has 36 heteroatoms. The van der Waals surface area contributed by atoms with Gasteiger partial charge in [0.15, 0.2) is 23.2 Å². The molecule has 10 aromatic rings. The highest BCUT2D eigenvalue weighted by molar-refractivity contribution is 7.13. The molecule has 0 aliphatic carbocycles. The van der Waals surface area contributed by atoms with Crippen LogP contribution in [-0.2, 0) is 38.1 Å². The summed E-state index contributed by atoms with van der Waals surface area (Å²) < 4.78 is 46.0. The van der Waals surface area contributed by atoms with Gasteiger partial charge in [-0.25, -0.2) is 9.97 Å². The first kappa shape index (κ1) is 103. The highest BCUT2D eigenvalue weighted by atomic mass is 32.1. The number of rotatable bonds is 42. The number of benzene rings is 4. The predicted octanol–water partition coefficient (Wildman–Crippen LogP) is 14.0. The van der Waals surface area contributed by atoms with E-state index in [0.29, 0.717) is 109 Å². The van der Waals surface area contributed by atoms with E-state index in [0.717, 1.165) is 172 Å². The molecule has 8 atom stereocenters. The highest BCUT2D eigenvalue weighted by Crippen LogP contribution is 2.47. The Labute approximate surface area is 827 Å². The van der Waals surface area contributed by atoms with Gasteiger partial charge >= 0.3 is 0 Å². The van der Waals surface area contributed by atoms with E-state index >= 15 is 0 Å². The number of nitrogens with one attached hydrogen (secondary N) is 2. The number of para-hydroxylation sites is 2. The van der Waals surface area contributed by atoms with Gasteiger partial charge < -0.3 is 109 Å². The van der Waals surface area contributed by atoms with Gasteiger partial charge in [-0.3, -0.25) is 19.2 Å². The number of aromatic hydroxyl groups is 2. The molecule has 140 heavy (non-hydrogen) atoms. The average molecular weight is 1960 g/mol. The van der Waals surface area contributed by atoms with Crippen molar-refractivity contribution in [2.24, 2.45) is 22.7 Å². The lowest BCUT2D eigenvalue weighted by Crippen LogP contribution is -2.48. The minimum absolute atomic E-state index is 0.0484. The van der Waals surface area contributed by atoms with Crippen molar-refractivity contribution in [1.29, 1.82) is 0 Å². The summed E-state index contributed by atoms with van der Waals surface area (Å²) in [6, 6.07) is 35.2. The summed E-state index contributed by atoms with van der Waals surface area (Å²) in [7, 11) is 0. The molecule has 16 rings (SSSR count). The summed E-state index contributed by atoms with van der Waals surface area (Å²) >= 11 is 3.18. The van der Waals surface area contributed by atoms with Gasteiger partial charge in [0.2, 0.25) is 23.6 Å². The number of amides is 4. The summed E-state index contributed by atoms with van der Waals surface area (Å²) in [5.41, 5.74) is 27.3. The van der Waals surface area contributed by atoms with Crippen molar-refractivity contribution < 1.29 is 77.1 Å². The third-order valence-corrected chi connectivity index (χ3v) is 30.6. The van der Waals surface area contributed by atoms with E-state index in [2.05, 4.69) is 70.9 Å². The van der Waals surface area contributed by atoms with Crippen molar-refractivity contribution in [3.8, 4) is 66.7 Å². The van der Waals surface area contributed by atoms with Crippen LogP contribution in [0.4, 0.5) is 23.0 Å². The maximum absolute atomic E-state index is 14.1. The number of ether oxygens (including phenoxy) is 6. The largest absolute Gasteiger partial charge is 0.507 e. The van der Waals surface area contributed by atoms with E-state index in [-0.39, 0.29) is 110 Å². The molecule has 6 saturated heterocycles. The molecule has 12 heterocycles. The third-order valence-electron chi connectivity index (χ3n) is 28.6. The zero-order valence-electron chi connectivity index (χ0n) is 81.9. The molecule has 4 amide bonds. The van der Waals surface area contributed by atoms with Gasteiger partial charge in [-0.1, -0.05) is 100 Å². The van der Waals surface area contributed by atoms with Crippen molar-refractivity contribution in [3.05, 3.63) is 166 Å². The molecule has 0 saturated carbocycles. The maximum Gasteiger partial charge on any atom is 0.254 e. The molecule has 6 fully saturated rings. The number of aromatic nitrogens is 8. The summed E-state index contributed by atoms with van der Waals surface area (Å²) in [4.78, 5) is 79.2. The lowest BCUT2D eigenvalue weighted by Gasteiger charge is -2.47. The average Bonchev–Trinajstić information content (AvgIpc) is 1.20. The quantitative estimate of drug-likeness (QED) is 0.0165. The number of phenolic OH excluding ortho intramolecular Hbond substituents is 2. The number of nitrogens with zero attached hydrogens (tertiary/aromatic N) is 14. The molecule has 0 bridgehead atoms. The molecule has 6 aliphatic heterocycles. The summed E-state index contributed by atoms with van der Waals surface area (Å²) in [6.07, 6.45) is 12.1. The van der Waals surface area contributed by atoms with Crippen LogP contribution in [0.5, 0.6) is 23.3 Å². The van der Waals surface area contributed by atoms with Crippen LogP contribution >= 0.6 is 22.7 Å². The van der Waals surface area contributed by atoms with Crippen LogP contribution in [0.3, 0.4) is 0 Å². The summed E-state index contributed by atoms with van der Waals surface area (Å²) in [6.45, 7) is 30.3. The Balaban J connectivity index is 0.000000212. The molecule has 6 aliphatic rings. The number of nitrogens with two attached hydrogens (primary N) is 2. The first-order chi connectivity index (χ1) is 67.7. The minimum atomic E-state index is -0.830. The number of nitrogen functional groups attached to an aromatic ring is 2. The van der Waals surface area contributed by atoms with Gasteiger partial charge in [-0.15, -0.1) is 43.1 Å². The molecule has 0 unspecified atom stereocenters. The number of thiazole rings is 2. The Morgan fingerprint density at radius 1 is 0.464 bits per heavy atom. The number of aliphatic hydroxyl groups is 2. The molecular formula is C104H138N18O16S2. The topological polar surface area (TPSA) is 430 Å². The Bertz CT molecular complexity index is 5310. The molecule has 752 valence electrons. The van der Waals surface area contributed by atoms with Crippen LogP contribution in [0.15, 0.2) is 141 Å². The predicted molar refractivity (Wildman–Crippen MR) is 537 cm³/mol. The fourth-order valence-corrected chi connectivity index (χ4v) is 21.8. The Morgan fingerprint density at radius 3 is 1.18 bits per heavy atom. The third kappa shape index (κ3) is 26.5. The first-order valence-corrected chi connectivity index (χ1v) is 51.4. The van der Waals surface area contributed by atoms with Crippen molar-refractivity contribution in [3.63, 3.8) is 0 Å². The van der Waals surface area contributed by atoms with E-state index in [9.17, 15) is 39.6 Å². The van der Waals surface area contributed by atoms with Crippen LogP contribution in [0.2, 0.25) is 0 Å². The maximum atomic E-state index is 14.1. The first-order valence-electron chi connectivity index (χ1n) is 49.6. The van der Waals surface area contributed by atoms with Crippen LogP contribution in [-0.4, -0.2) is 273 Å². The van der Waals surface area contributed by atoms with Crippen LogP contribution in [0.25, 0.3) is 43.4 Å². The minimum Gasteiger partial charge on any atom is -0.507 e.